The summed E-state index contributed by atoms with van der Waals surface area (Å²) < 4.78 is 2.45. The van der Waals surface area contributed by atoms with E-state index in [9.17, 15) is 9.59 Å². The molecule has 0 radical (unpaired) electrons. The fourth-order valence-electron chi connectivity index (χ4n) is 6.73. The Morgan fingerprint density at radius 1 is 1.02 bits per heavy atom. The molecule has 5 rings (SSSR count). The molecule has 2 aromatic heterocycles. The number of likely N-dealkylation sites (N-methyl/N-ethyl adjacent to an activating group) is 1. The fraction of sp³-hybridized carbons (Fsp3) is 0.514. The summed E-state index contributed by atoms with van der Waals surface area (Å²) in [5.41, 5.74) is 11.6. The van der Waals surface area contributed by atoms with E-state index in [0.29, 0.717) is 24.7 Å². The van der Waals surface area contributed by atoms with Gasteiger partial charge in [-0.2, -0.15) is 0 Å². The number of carbonyl (C=O) groups excluding carboxylic acids is 2. The number of nitrogen functional groups attached to an aromatic ring is 1. The molecular formula is C37H53N7O2. The molecule has 1 aliphatic heterocycles. The summed E-state index contributed by atoms with van der Waals surface area (Å²) in [6.45, 7) is 8.50. The lowest BCUT2D eigenvalue weighted by Crippen LogP contribution is -2.34. The molecule has 1 saturated heterocycles. The maximum Gasteiger partial charge on any atom is 0.224 e. The van der Waals surface area contributed by atoms with Gasteiger partial charge in [-0.25, -0.2) is 9.97 Å². The number of hydrogen-bond acceptors (Lipinski definition) is 7. The standard InChI is InChI=1S/C37H51N7O2.H2/c1-4-5-13-33-42-35-36(30-10-6-7-12-32(30)41-37(35)38)44(33)25-29-18-21-43(22-19-29)24-28-16-14-27(15-17-28)23-34(46)40-20-9-8-11-31(39-3)26(2)45;/h6-7,10,12,14-17,29,31,39H,4-5,8-9,11,13,18-25H2,1-3H3,(H2,38,41)(H,40,46);1H. The third kappa shape index (κ3) is 8.50. The van der Waals surface area contributed by atoms with E-state index in [-0.39, 0.29) is 19.2 Å². The average Bonchev–Trinajstić information content (AvgIpc) is 3.42. The van der Waals surface area contributed by atoms with Crippen LogP contribution >= 0.6 is 0 Å². The molecule has 1 amide bonds. The van der Waals surface area contributed by atoms with Crippen molar-refractivity contribution in [3.63, 3.8) is 0 Å². The second kappa shape index (κ2) is 16.1. The van der Waals surface area contributed by atoms with Crippen molar-refractivity contribution in [3.05, 3.63) is 65.5 Å². The topological polar surface area (TPSA) is 118 Å². The molecule has 1 atom stereocenters. The van der Waals surface area contributed by atoms with Gasteiger partial charge in [0.15, 0.2) is 5.82 Å². The van der Waals surface area contributed by atoms with Crippen LogP contribution < -0.4 is 16.4 Å². The zero-order valence-electron chi connectivity index (χ0n) is 27.9. The van der Waals surface area contributed by atoms with Gasteiger partial charge in [0.05, 0.1) is 23.5 Å². The van der Waals surface area contributed by atoms with Crippen molar-refractivity contribution in [1.82, 2.24) is 30.1 Å². The Bertz CT molecular complexity index is 1610. The highest BCUT2D eigenvalue weighted by Gasteiger charge is 2.24. The highest BCUT2D eigenvalue weighted by molar-refractivity contribution is 6.06. The summed E-state index contributed by atoms with van der Waals surface area (Å²) in [7, 11) is 1.81. The van der Waals surface area contributed by atoms with Crippen molar-refractivity contribution in [2.75, 3.05) is 32.4 Å². The molecule has 2 aromatic carbocycles. The Labute approximate surface area is 274 Å². The van der Waals surface area contributed by atoms with Crippen LogP contribution in [0.5, 0.6) is 0 Å². The van der Waals surface area contributed by atoms with E-state index in [1.807, 2.05) is 19.2 Å². The van der Waals surface area contributed by atoms with Crippen molar-refractivity contribution in [2.45, 2.75) is 90.8 Å². The predicted octanol–water partition coefficient (Wildman–Crippen LogP) is 5.67. The maximum atomic E-state index is 12.4. The lowest BCUT2D eigenvalue weighted by Gasteiger charge is -2.32. The number of benzene rings is 2. The molecule has 248 valence electrons. The molecule has 1 fully saturated rings. The van der Waals surface area contributed by atoms with Gasteiger partial charge >= 0.3 is 0 Å². The Balaban J connectivity index is 0.00000500. The first-order chi connectivity index (χ1) is 22.4. The number of para-hydroxylation sites is 1. The quantitative estimate of drug-likeness (QED) is 0.137. The number of nitrogens with two attached hydrogens (primary N) is 1. The van der Waals surface area contributed by atoms with E-state index in [4.69, 9.17) is 10.7 Å². The molecule has 0 bridgehead atoms. The van der Waals surface area contributed by atoms with Crippen LogP contribution in [-0.2, 0) is 35.5 Å². The van der Waals surface area contributed by atoms with Crippen LogP contribution in [0.3, 0.4) is 0 Å². The second-order valence-corrected chi connectivity index (χ2v) is 13.0. The Morgan fingerprint density at radius 2 is 1.76 bits per heavy atom. The van der Waals surface area contributed by atoms with Gasteiger partial charge in [-0.1, -0.05) is 55.8 Å². The van der Waals surface area contributed by atoms with Crippen molar-refractivity contribution >= 4 is 39.4 Å². The lowest BCUT2D eigenvalue weighted by molar-refractivity contribution is -0.121. The monoisotopic (exact) mass is 627 g/mol. The fourth-order valence-corrected chi connectivity index (χ4v) is 6.73. The van der Waals surface area contributed by atoms with Crippen LogP contribution in [0, 0.1) is 5.92 Å². The first-order valence-corrected chi connectivity index (χ1v) is 17.1. The number of unbranched alkanes of at least 4 members (excludes halogenated alkanes) is 2. The Morgan fingerprint density at radius 3 is 2.48 bits per heavy atom. The van der Waals surface area contributed by atoms with Crippen LogP contribution in [0.1, 0.15) is 77.2 Å². The first kappa shape index (κ1) is 33.5. The summed E-state index contributed by atoms with van der Waals surface area (Å²) in [6.07, 6.45) is 8.45. The first-order valence-electron chi connectivity index (χ1n) is 17.1. The largest absolute Gasteiger partial charge is 0.382 e. The van der Waals surface area contributed by atoms with Crippen LogP contribution in [0.4, 0.5) is 5.82 Å². The molecular weight excluding hydrogens is 574 g/mol. The number of hydrogen-bond donors (Lipinski definition) is 3. The highest BCUT2D eigenvalue weighted by atomic mass is 16.1. The lowest BCUT2D eigenvalue weighted by atomic mass is 9.96. The van der Waals surface area contributed by atoms with E-state index < -0.39 is 0 Å². The number of aryl methyl sites for hydroxylation is 1. The van der Waals surface area contributed by atoms with Gasteiger partial charge in [-0.15, -0.1) is 0 Å². The van der Waals surface area contributed by atoms with Crippen LogP contribution in [0.2, 0.25) is 0 Å². The highest BCUT2D eigenvalue weighted by Crippen LogP contribution is 2.31. The number of aromatic nitrogens is 3. The average molecular weight is 628 g/mol. The Kier molecular flexibility index (Phi) is 11.8. The van der Waals surface area contributed by atoms with E-state index >= 15 is 0 Å². The van der Waals surface area contributed by atoms with E-state index in [1.54, 1.807) is 6.92 Å². The number of Topliss-reactive ketones (excluding diaryl/α,β-unsaturated/α-hetero) is 1. The third-order valence-corrected chi connectivity index (χ3v) is 9.47. The predicted molar refractivity (Wildman–Crippen MR) is 189 cm³/mol. The van der Waals surface area contributed by atoms with Crippen molar-refractivity contribution < 1.29 is 11.0 Å². The number of likely N-dealkylation sites (tertiary alicyclic amines) is 1. The molecule has 0 saturated carbocycles. The number of nitrogens with one attached hydrogen (secondary N) is 2. The summed E-state index contributed by atoms with van der Waals surface area (Å²) in [5.74, 6) is 2.44. The number of imidazole rings is 1. The zero-order chi connectivity index (χ0) is 32.5. The van der Waals surface area contributed by atoms with Crippen LogP contribution in [-0.4, -0.2) is 63.8 Å². The smallest absolute Gasteiger partial charge is 0.224 e. The van der Waals surface area contributed by atoms with Gasteiger partial charge in [0.1, 0.15) is 17.1 Å². The summed E-state index contributed by atoms with van der Waals surface area (Å²) in [4.78, 5) is 36.2. The minimum atomic E-state index is -0.0912. The molecule has 0 aliphatic carbocycles. The number of ketones is 1. The van der Waals surface area contributed by atoms with Gasteiger partial charge in [0, 0.05) is 32.9 Å². The zero-order valence-corrected chi connectivity index (χ0v) is 27.9. The third-order valence-electron chi connectivity index (χ3n) is 9.47. The summed E-state index contributed by atoms with van der Waals surface area (Å²) >= 11 is 0. The normalized spacial score (nSPS) is 15.0. The summed E-state index contributed by atoms with van der Waals surface area (Å²) in [6, 6.07) is 16.7. The van der Waals surface area contributed by atoms with Gasteiger partial charge in [-0.3, -0.25) is 14.5 Å². The molecule has 3 heterocycles. The van der Waals surface area contributed by atoms with Gasteiger partial charge < -0.3 is 20.9 Å². The van der Waals surface area contributed by atoms with E-state index in [2.05, 4.69) is 68.4 Å². The number of amides is 1. The second-order valence-electron chi connectivity index (χ2n) is 13.0. The minimum Gasteiger partial charge on any atom is -0.382 e. The summed E-state index contributed by atoms with van der Waals surface area (Å²) in [5, 5.41) is 7.19. The number of piperidine rings is 1. The number of nitrogens with zero attached hydrogens (tertiary/aromatic N) is 4. The number of fused-ring (bicyclic) bond motifs is 3. The number of rotatable bonds is 16. The van der Waals surface area contributed by atoms with Gasteiger partial charge in [0.25, 0.3) is 0 Å². The molecule has 4 aromatic rings. The van der Waals surface area contributed by atoms with Crippen LogP contribution in [0.25, 0.3) is 21.9 Å². The van der Waals surface area contributed by atoms with Crippen molar-refractivity contribution in [2.24, 2.45) is 5.92 Å². The molecule has 1 aliphatic rings. The van der Waals surface area contributed by atoms with E-state index in [0.717, 1.165) is 111 Å². The number of carbonyl (C=O) groups is 2. The molecule has 9 nitrogen and oxygen atoms in total. The SMILES string of the molecule is CCCCc1nc2c(N)nc3ccccc3c2n1CC1CCN(Cc2ccc(CC(=O)NCCCCC(NC)C(C)=O)cc2)CC1.[HH]. The molecule has 0 spiro atoms. The molecule has 1 unspecified atom stereocenters. The molecule has 9 heteroatoms. The maximum absolute atomic E-state index is 12.4. The van der Waals surface area contributed by atoms with Gasteiger partial charge in [0.2, 0.25) is 5.91 Å². The van der Waals surface area contributed by atoms with Crippen LogP contribution in [0.15, 0.2) is 48.5 Å². The molecule has 46 heavy (non-hydrogen) atoms. The van der Waals surface area contributed by atoms with Crippen molar-refractivity contribution in [1.29, 1.82) is 0 Å². The number of pyridine rings is 1. The number of anilines is 1. The minimum absolute atomic E-state index is 0. The van der Waals surface area contributed by atoms with Gasteiger partial charge in [-0.05, 0) is 88.7 Å². The Hall–Kier alpha value is -3.82. The van der Waals surface area contributed by atoms with E-state index in [1.165, 1.54) is 5.56 Å². The molecule has 4 N–H and O–H groups in total. The van der Waals surface area contributed by atoms with Crippen molar-refractivity contribution in [3.8, 4) is 0 Å².